The molecule has 0 fully saturated rings. The van der Waals surface area contributed by atoms with Crippen LogP contribution in [0.5, 0.6) is 5.75 Å². The van der Waals surface area contributed by atoms with E-state index < -0.39 is 0 Å². The fraction of sp³-hybridized carbons (Fsp3) is 0.500. The van der Waals surface area contributed by atoms with Gasteiger partial charge in [0.25, 0.3) is 0 Å². The van der Waals surface area contributed by atoms with E-state index >= 15 is 0 Å². The molecule has 0 unspecified atom stereocenters. The second-order valence-corrected chi connectivity index (χ2v) is 5.03. The summed E-state index contributed by atoms with van der Waals surface area (Å²) in [6, 6.07) is 5.98. The third-order valence-electron chi connectivity index (χ3n) is 2.05. The number of nitrogens with two attached hydrogens (primary N) is 1. The molecule has 0 saturated carbocycles. The lowest BCUT2D eigenvalue weighted by atomic mass is 10.1. The van der Waals surface area contributed by atoms with Crippen LogP contribution in [0.3, 0.4) is 0 Å². The minimum atomic E-state index is 0.0403. The minimum Gasteiger partial charge on any atom is -0.493 e. The van der Waals surface area contributed by atoms with Crippen LogP contribution in [0.15, 0.2) is 22.7 Å². The molecule has 0 spiro atoms. The van der Waals surface area contributed by atoms with Gasteiger partial charge < -0.3 is 10.5 Å². The Morgan fingerprint density at radius 2 is 2.00 bits per heavy atom. The summed E-state index contributed by atoms with van der Waals surface area (Å²) in [5.74, 6) is 1.43. The van der Waals surface area contributed by atoms with E-state index in [1.807, 2.05) is 25.1 Å². The summed E-state index contributed by atoms with van der Waals surface area (Å²) < 4.78 is 6.62. The van der Waals surface area contributed by atoms with Crippen LogP contribution < -0.4 is 10.5 Å². The van der Waals surface area contributed by atoms with Crippen molar-refractivity contribution in [2.45, 2.75) is 26.8 Å². The molecule has 1 rings (SSSR count). The maximum Gasteiger partial charge on any atom is 0.120 e. The average Bonchev–Trinajstić information content (AvgIpc) is 2.14. The largest absolute Gasteiger partial charge is 0.493 e. The molecule has 1 aromatic carbocycles. The molecule has 0 aliphatic carbocycles. The van der Waals surface area contributed by atoms with Gasteiger partial charge in [0.05, 0.1) is 6.61 Å². The summed E-state index contributed by atoms with van der Waals surface area (Å²) in [6.07, 6.45) is 0. The van der Waals surface area contributed by atoms with Gasteiger partial charge in [-0.25, -0.2) is 0 Å². The molecule has 2 N–H and O–H groups in total. The van der Waals surface area contributed by atoms with Crippen LogP contribution in [-0.4, -0.2) is 6.61 Å². The second kappa shape index (κ2) is 5.52. The first kappa shape index (κ1) is 12.5. The number of ether oxygens (including phenoxy) is 1. The molecule has 0 bridgehead atoms. The van der Waals surface area contributed by atoms with Crippen molar-refractivity contribution in [2.75, 3.05) is 6.61 Å². The zero-order chi connectivity index (χ0) is 11.4. The standard InChI is InChI=1S/C12H18BrNO/c1-8(2)7-15-10-4-5-11(9(3)14)12(13)6-10/h4-6,8-9H,7,14H2,1-3H3/t9-/m1/s1. The summed E-state index contributed by atoms with van der Waals surface area (Å²) in [7, 11) is 0. The van der Waals surface area contributed by atoms with Gasteiger partial charge in [-0.3, -0.25) is 0 Å². The van der Waals surface area contributed by atoms with Gasteiger partial charge >= 0.3 is 0 Å². The van der Waals surface area contributed by atoms with Gasteiger partial charge in [0.1, 0.15) is 5.75 Å². The highest BCUT2D eigenvalue weighted by molar-refractivity contribution is 9.10. The van der Waals surface area contributed by atoms with E-state index in [1.54, 1.807) is 0 Å². The first-order valence-corrected chi connectivity index (χ1v) is 5.98. The van der Waals surface area contributed by atoms with Crippen LogP contribution >= 0.6 is 15.9 Å². The molecule has 15 heavy (non-hydrogen) atoms. The van der Waals surface area contributed by atoms with E-state index in [0.717, 1.165) is 22.4 Å². The topological polar surface area (TPSA) is 35.2 Å². The van der Waals surface area contributed by atoms with E-state index in [2.05, 4.69) is 29.8 Å². The fourth-order valence-corrected chi connectivity index (χ4v) is 1.95. The zero-order valence-electron chi connectivity index (χ0n) is 9.46. The van der Waals surface area contributed by atoms with E-state index in [4.69, 9.17) is 10.5 Å². The third kappa shape index (κ3) is 3.84. The molecule has 0 aliphatic rings. The molecule has 1 aromatic rings. The maximum atomic E-state index is 5.82. The van der Waals surface area contributed by atoms with Crippen LogP contribution in [0, 0.1) is 5.92 Å². The number of hydrogen-bond acceptors (Lipinski definition) is 2. The Labute approximate surface area is 99.9 Å². The van der Waals surface area contributed by atoms with Crippen LogP contribution in [0.1, 0.15) is 32.4 Å². The lowest BCUT2D eigenvalue weighted by Crippen LogP contribution is -2.07. The summed E-state index contributed by atoms with van der Waals surface area (Å²) in [4.78, 5) is 0. The molecule has 84 valence electrons. The van der Waals surface area contributed by atoms with Crippen molar-refractivity contribution in [2.24, 2.45) is 11.7 Å². The van der Waals surface area contributed by atoms with E-state index in [1.165, 1.54) is 0 Å². The molecule has 0 amide bonds. The highest BCUT2D eigenvalue weighted by Gasteiger charge is 2.06. The monoisotopic (exact) mass is 271 g/mol. The van der Waals surface area contributed by atoms with E-state index in [0.29, 0.717) is 5.92 Å². The highest BCUT2D eigenvalue weighted by Crippen LogP contribution is 2.26. The molecule has 0 aliphatic heterocycles. The van der Waals surface area contributed by atoms with Crippen molar-refractivity contribution >= 4 is 15.9 Å². The Morgan fingerprint density at radius 3 is 2.47 bits per heavy atom. The molecule has 0 radical (unpaired) electrons. The van der Waals surface area contributed by atoms with Crippen molar-refractivity contribution in [3.05, 3.63) is 28.2 Å². The van der Waals surface area contributed by atoms with Crippen LogP contribution in [-0.2, 0) is 0 Å². The summed E-state index contributed by atoms with van der Waals surface area (Å²) >= 11 is 3.49. The van der Waals surface area contributed by atoms with Gasteiger partial charge in [-0.2, -0.15) is 0 Å². The Kier molecular flexibility index (Phi) is 4.61. The number of hydrogen-bond donors (Lipinski definition) is 1. The SMILES string of the molecule is CC(C)COc1ccc([C@@H](C)N)c(Br)c1. The molecule has 0 saturated heterocycles. The third-order valence-corrected chi connectivity index (χ3v) is 2.73. The quantitative estimate of drug-likeness (QED) is 0.910. The second-order valence-electron chi connectivity index (χ2n) is 4.18. The van der Waals surface area contributed by atoms with E-state index in [-0.39, 0.29) is 6.04 Å². The van der Waals surface area contributed by atoms with Crippen LogP contribution in [0.4, 0.5) is 0 Å². The number of benzene rings is 1. The summed E-state index contributed by atoms with van der Waals surface area (Å²) in [6.45, 7) is 6.97. The van der Waals surface area contributed by atoms with Gasteiger partial charge in [-0.05, 0) is 30.5 Å². The molecule has 0 aromatic heterocycles. The predicted molar refractivity (Wildman–Crippen MR) is 67.1 cm³/mol. The predicted octanol–water partition coefficient (Wildman–Crippen LogP) is 3.50. The summed E-state index contributed by atoms with van der Waals surface area (Å²) in [5.41, 5.74) is 6.92. The van der Waals surface area contributed by atoms with Crippen molar-refractivity contribution in [3.63, 3.8) is 0 Å². The van der Waals surface area contributed by atoms with Gasteiger partial charge in [0, 0.05) is 10.5 Å². The van der Waals surface area contributed by atoms with Crippen molar-refractivity contribution in [1.29, 1.82) is 0 Å². The lowest BCUT2D eigenvalue weighted by molar-refractivity contribution is 0.271. The normalized spacial score (nSPS) is 12.9. The molecule has 3 heteroatoms. The number of halogens is 1. The van der Waals surface area contributed by atoms with Crippen molar-refractivity contribution in [1.82, 2.24) is 0 Å². The molecular weight excluding hydrogens is 254 g/mol. The fourth-order valence-electron chi connectivity index (χ4n) is 1.23. The summed E-state index contributed by atoms with van der Waals surface area (Å²) in [5, 5.41) is 0. The Bertz CT molecular complexity index is 323. The maximum absolute atomic E-state index is 5.82. The first-order valence-electron chi connectivity index (χ1n) is 5.18. The molecule has 0 heterocycles. The highest BCUT2D eigenvalue weighted by atomic mass is 79.9. The van der Waals surface area contributed by atoms with Crippen LogP contribution in [0.2, 0.25) is 0 Å². The Morgan fingerprint density at radius 1 is 1.33 bits per heavy atom. The Hall–Kier alpha value is -0.540. The molecular formula is C12H18BrNO. The average molecular weight is 272 g/mol. The lowest BCUT2D eigenvalue weighted by Gasteiger charge is -2.12. The van der Waals surface area contributed by atoms with Crippen molar-refractivity contribution in [3.8, 4) is 5.75 Å². The van der Waals surface area contributed by atoms with Gasteiger partial charge in [-0.1, -0.05) is 35.8 Å². The molecule has 2 nitrogen and oxygen atoms in total. The first-order chi connectivity index (χ1) is 7.00. The smallest absolute Gasteiger partial charge is 0.120 e. The molecule has 1 atom stereocenters. The van der Waals surface area contributed by atoms with Gasteiger partial charge in [-0.15, -0.1) is 0 Å². The zero-order valence-corrected chi connectivity index (χ0v) is 11.0. The number of rotatable bonds is 4. The van der Waals surface area contributed by atoms with Crippen LogP contribution in [0.25, 0.3) is 0 Å². The van der Waals surface area contributed by atoms with Gasteiger partial charge in [0.15, 0.2) is 0 Å². The van der Waals surface area contributed by atoms with E-state index in [9.17, 15) is 0 Å². The van der Waals surface area contributed by atoms with Crippen molar-refractivity contribution < 1.29 is 4.74 Å². The van der Waals surface area contributed by atoms with Gasteiger partial charge in [0.2, 0.25) is 0 Å². The minimum absolute atomic E-state index is 0.0403. The Balaban J connectivity index is 2.73.